The maximum atomic E-state index is 2.48. The molecular formula is C30H50. The molecule has 1 rings (SSSR count). The van der Waals surface area contributed by atoms with Gasteiger partial charge in [-0.15, -0.1) is 0 Å². The second-order valence-electron chi connectivity index (χ2n) is 9.10. The van der Waals surface area contributed by atoms with Crippen LogP contribution in [0.4, 0.5) is 0 Å². The van der Waals surface area contributed by atoms with Crippen LogP contribution in [0.25, 0.3) is 0 Å². The third-order valence-electron chi connectivity index (χ3n) is 6.99. The summed E-state index contributed by atoms with van der Waals surface area (Å²) in [6.07, 6.45) is 23.3. The smallest absolute Gasteiger partial charge is 0.0165 e. The van der Waals surface area contributed by atoms with Gasteiger partial charge in [0.15, 0.2) is 0 Å². The van der Waals surface area contributed by atoms with Crippen molar-refractivity contribution < 1.29 is 0 Å². The van der Waals surface area contributed by atoms with Gasteiger partial charge in [-0.05, 0) is 67.9 Å². The van der Waals surface area contributed by atoms with Crippen molar-refractivity contribution in [1.29, 1.82) is 0 Å². The molecule has 0 aromatic heterocycles. The Morgan fingerprint density at radius 2 is 1.57 bits per heavy atom. The van der Waals surface area contributed by atoms with Gasteiger partial charge in [-0.25, -0.2) is 0 Å². The normalized spacial score (nSPS) is 15.4. The minimum atomic E-state index is 0.712. The Balaban J connectivity index is 2.49. The maximum Gasteiger partial charge on any atom is -0.0165 e. The second-order valence-corrected chi connectivity index (χ2v) is 9.10. The molecule has 3 unspecified atom stereocenters. The van der Waals surface area contributed by atoms with Crippen molar-refractivity contribution in [3.63, 3.8) is 0 Å². The highest BCUT2D eigenvalue weighted by molar-refractivity contribution is 5.22. The highest BCUT2D eigenvalue weighted by atomic mass is 14.2. The summed E-state index contributed by atoms with van der Waals surface area (Å²) in [5, 5.41) is 0. The molecule has 0 N–H and O–H groups in total. The van der Waals surface area contributed by atoms with Crippen molar-refractivity contribution in [3.8, 4) is 0 Å². The molecule has 0 heteroatoms. The molecule has 1 aromatic carbocycles. The van der Waals surface area contributed by atoms with Crippen molar-refractivity contribution >= 4 is 0 Å². The van der Waals surface area contributed by atoms with Crippen LogP contribution in [0, 0.1) is 11.8 Å². The topological polar surface area (TPSA) is 0 Å². The van der Waals surface area contributed by atoms with Gasteiger partial charge in [-0.3, -0.25) is 0 Å². The molecule has 0 saturated carbocycles. The quantitative estimate of drug-likeness (QED) is 0.177. The molecule has 170 valence electrons. The van der Waals surface area contributed by atoms with E-state index in [1.807, 2.05) is 0 Å². The van der Waals surface area contributed by atoms with E-state index in [1.54, 1.807) is 5.57 Å². The van der Waals surface area contributed by atoms with Crippen LogP contribution in [0.2, 0.25) is 0 Å². The molecule has 0 aliphatic heterocycles. The van der Waals surface area contributed by atoms with Gasteiger partial charge < -0.3 is 0 Å². The molecular weight excluding hydrogens is 360 g/mol. The second kappa shape index (κ2) is 17.4. The molecule has 0 saturated heterocycles. The van der Waals surface area contributed by atoms with Gasteiger partial charge >= 0.3 is 0 Å². The van der Waals surface area contributed by atoms with Crippen LogP contribution < -0.4 is 0 Å². The number of unbranched alkanes of at least 4 members (excludes halogenated alkanes) is 3. The molecule has 0 radical (unpaired) electrons. The summed E-state index contributed by atoms with van der Waals surface area (Å²) in [5.41, 5.74) is 3.08. The molecule has 0 fully saturated rings. The highest BCUT2D eigenvalue weighted by Crippen LogP contribution is 2.29. The number of rotatable bonds is 17. The Hall–Kier alpha value is -1.30. The molecule has 1 aromatic rings. The van der Waals surface area contributed by atoms with E-state index in [-0.39, 0.29) is 0 Å². The minimum Gasteiger partial charge on any atom is -0.0842 e. The molecule has 30 heavy (non-hydrogen) atoms. The van der Waals surface area contributed by atoms with E-state index in [2.05, 4.69) is 83.2 Å². The molecule has 0 aliphatic carbocycles. The van der Waals surface area contributed by atoms with Gasteiger partial charge in [-0.1, -0.05) is 121 Å². The predicted octanol–water partition coefficient (Wildman–Crippen LogP) is 10.3. The molecule has 3 atom stereocenters. The van der Waals surface area contributed by atoms with Gasteiger partial charge in [0.25, 0.3) is 0 Å². The molecule has 0 amide bonds. The fourth-order valence-corrected chi connectivity index (χ4v) is 4.76. The lowest BCUT2D eigenvalue weighted by Gasteiger charge is -2.20. The molecule has 0 nitrogen and oxygen atoms in total. The van der Waals surface area contributed by atoms with E-state index in [0.717, 1.165) is 5.92 Å². The molecule has 0 aliphatic rings. The van der Waals surface area contributed by atoms with Gasteiger partial charge in [0.05, 0.1) is 0 Å². The Labute approximate surface area is 189 Å². The minimum absolute atomic E-state index is 0.712. The molecule has 0 spiro atoms. The SMILES string of the molecule is C/C=C(\C=C/CC(CC)CCCCCC)C(CC)CCCC(CC)c1ccccc1. The first-order chi connectivity index (χ1) is 14.7. The summed E-state index contributed by atoms with van der Waals surface area (Å²) < 4.78 is 0. The summed E-state index contributed by atoms with van der Waals surface area (Å²) in [4.78, 5) is 0. The summed E-state index contributed by atoms with van der Waals surface area (Å²) in [7, 11) is 0. The third kappa shape index (κ3) is 10.6. The van der Waals surface area contributed by atoms with Gasteiger partial charge in [-0.2, -0.15) is 0 Å². The van der Waals surface area contributed by atoms with Crippen LogP contribution in [0.3, 0.4) is 0 Å². The van der Waals surface area contributed by atoms with Crippen LogP contribution in [-0.4, -0.2) is 0 Å². The van der Waals surface area contributed by atoms with Crippen LogP contribution in [0.15, 0.2) is 54.1 Å². The number of allylic oxidation sites excluding steroid dienone is 4. The summed E-state index contributed by atoms with van der Waals surface area (Å²) in [5.74, 6) is 2.29. The summed E-state index contributed by atoms with van der Waals surface area (Å²) >= 11 is 0. The zero-order chi connectivity index (χ0) is 22.0. The Bertz CT molecular complexity index is 565. The van der Waals surface area contributed by atoms with Crippen molar-refractivity contribution in [2.24, 2.45) is 11.8 Å². The Morgan fingerprint density at radius 1 is 0.800 bits per heavy atom. The van der Waals surface area contributed by atoms with Crippen LogP contribution in [0.1, 0.15) is 123 Å². The van der Waals surface area contributed by atoms with E-state index >= 15 is 0 Å². The van der Waals surface area contributed by atoms with Crippen molar-refractivity contribution in [2.75, 3.05) is 0 Å². The first-order valence-electron chi connectivity index (χ1n) is 13.1. The number of hydrogen-bond donors (Lipinski definition) is 0. The van der Waals surface area contributed by atoms with E-state index in [1.165, 1.54) is 82.6 Å². The largest absolute Gasteiger partial charge is 0.0842 e. The monoisotopic (exact) mass is 410 g/mol. The fraction of sp³-hybridized carbons (Fsp3) is 0.667. The van der Waals surface area contributed by atoms with Crippen LogP contribution >= 0.6 is 0 Å². The predicted molar refractivity (Wildman–Crippen MR) is 137 cm³/mol. The van der Waals surface area contributed by atoms with Crippen molar-refractivity contribution in [3.05, 3.63) is 59.7 Å². The summed E-state index contributed by atoms with van der Waals surface area (Å²) in [6.45, 7) is 11.6. The van der Waals surface area contributed by atoms with E-state index in [4.69, 9.17) is 0 Å². The van der Waals surface area contributed by atoms with E-state index < -0.39 is 0 Å². The highest BCUT2D eigenvalue weighted by Gasteiger charge is 2.13. The van der Waals surface area contributed by atoms with Gasteiger partial charge in [0, 0.05) is 0 Å². The van der Waals surface area contributed by atoms with E-state index in [0.29, 0.717) is 11.8 Å². The summed E-state index contributed by atoms with van der Waals surface area (Å²) in [6, 6.07) is 11.1. The van der Waals surface area contributed by atoms with Gasteiger partial charge in [0.2, 0.25) is 0 Å². The first kappa shape index (κ1) is 26.7. The molecule has 0 bridgehead atoms. The number of hydrogen-bond acceptors (Lipinski definition) is 0. The third-order valence-corrected chi connectivity index (χ3v) is 6.99. The zero-order valence-electron chi connectivity index (χ0n) is 20.8. The lowest BCUT2D eigenvalue weighted by Crippen LogP contribution is -2.04. The van der Waals surface area contributed by atoms with Crippen molar-refractivity contribution in [2.45, 2.75) is 118 Å². The maximum absolute atomic E-state index is 2.48. The lowest BCUT2D eigenvalue weighted by molar-refractivity contribution is 0.445. The van der Waals surface area contributed by atoms with Crippen molar-refractivity contribution in [1.82, 2.24) is 0 Å². The number of benzene rings is 1. The average Bonchev–Trinajstić information content (AvgIpc) is 2.79. The van der Waals surface area contributed by atoms with E-state index in [9.17, 15) is 0 Å². The van der Waals surface area contributed by atoms with Crippen LogP contribution in [-0.2, 0) is 0 Å². The molecule has 0 heterocycles. The first-order valence-corrected chi connectivity index (χ1v) is 13.1. The Morgan fingerprint density at radius 3 is 2.17 bits per heavy atom. The Kier molecular flexibility index (Phi) is 15.5. The lowest BCUT2D eigenvalue weighted by atomic mass is 9.86. The fourth-order valence-electron chi connectivity index (χ4n) is 4.76. The van der Waals surface area contributed by atoms with Crippen LogP contribution in [0.5, 0.6) is 0 Å². The van der Waals surface area contributed by atoms with Gasteiger partial charge in [0.1, 0.15) is 0 Å². The zero-order valence-corrected chi connectivity index (χ0v) is 20.8. The standard InChI is InChI=1S/C30H50/c1-6-11-12-14-19-26(7-2)20-17-23-27(8-3)28(9-4)24-18-25-29(10-5)30-21-15-13-16-22-30/h8,13,15-17,21-23,26,28-29H,6-7,9-12,14,18-20,24-25H2,1-5H3/b23-17-,27-8+. The average molecular weight is 411 g/mol.